The van der Waals surface area contributed by atoms with Gasteiger partial charge in [0.05, 0.1) is 5.41 Å². The van der Waals surface area contributed by atoms with Gasteiger partial charge in [-0.3, -0.25) is 9.69 Å². The van der Waals surface area contributed by atoms with Gasteiger partial charge < -0.3 is 10.8 Å². The van der Waals surface area contributed by atoms with Crippen molar-refractivity contribution in [1.82, 2.24) is 4.90 Å². The zero-order valence-corrected chi connectivity index (χ0v) is 8.77. The molecule has 1 unspecified atom stereocenters. The Morgan fingerprint density at radius 2 is 2.27 bits per heavy atom. The van der Waals surface area contributed by atoms with Gasteiger partial charge in [-0.2, -0.15) is 0 Å². The van der Waals surface area contributed by atoms with Crippen LogP contribution >= 0.6 is 0 Å². The van der Waals surface area contributed by atoms with Crippen molar-refractivity contribution in [3.63, 3.8) is 0 Å². The van der Waals surface area contributed by atoms with Gasteiger partial charge in [-0.1, -0.05) is 6.08 Å². The van der Waals surface area contributed by atoms with Crippen LogP contribution in [0.2, 0.25) is 0 Å². The van der Waals surface area contributed by atoms with Gasteiger partial charge in [-0.25, -0.2) is 4.79 Å². The SMILES string of the molecule is CC1(C(N)=O)CCN(C/C=C/C(=O)O)C1. The lowest BCUT2D eigenvalue weighted by molar-refractivity contribution is -0.131. The van der Waals surface area contributed by atoms with E-state index in [1.165, 1.54) is 0 Å². The molecule has 1 aliphatic rings. The van der Waals surface area contributed by atoms with E-state index in [9.17, 15) is 9.59 Å². The quantitative estimate of drug-likeness (QED) is 0.633. The summed E-state index contributed by atoms with van der Waals surface area (Å²) in [4.78, 5) is 23.4. The number of carbonyl (C=O) groups excluding carboxylic acids is 1. The Bertz CT molecular complexity index is 301. The first-order chi connectivity index (χ1) is 6.94. The summed E-state index contributed by atoms with van der Waals surface area (Å²) in [7, 11) is 0. The average molecular weight is 212 g/mol. The summed E-state index contributed by atoms with van der Waals surface area (Å²) < 4.78 is 0. The number of carboxylic acids is 1. The lowest BCUT2D eigenvalue weighted by Gasteiger charge is -2.19. The van der Waals surface area contributed by atoms with E-state index in [0.717, 1.165) is 19.0 Å². The van der Waals surface area contributed by atoms with Gasteiger partial charge in [-0.05, 0) is 19.9 Å². The summed E-state index contributed by atoms with van der Waals surface area (Å²) >= 11 is 0. The standard InChI is InChI=1S/C10H16N2O3/c1-10(9(11)15)4-6-12(7-10)5-2-3-8(13)14/h2-3H,4-7H2,1H3,(H2,11,15)(H,13,14)/b3-2+. The van der Waals surface area contributed by atoms with Crippen molar-refractivity contribution in [3.8, 4) is 0 Å². The maximum Gasteiger partial charge on any atom is 0.328 e. The normalized spacial score (nSPS) is 27.3. The first-order valence-corrected chi connectivity index (χ1v) is 4.86. The molecule has 0 bridgehead atoms. The fraction of sp³-hybridized carbons (Fsp3) is 0.600. The van der Waals surface area contributed by atoms with Gasteiger partial charge in [-0.15, -0.1) is 0 Å². The highest BCUT2D eigenvalue weighted by Gasteiger charge is 2.38. The Morgan fingerprint density at radius 1 is 1.60 bits per heavy atom. The molecule has 3 N–H and O–H groups in total. The van der Waals surface area contributed by atoms with Crippen LogP contribution in [0.5, 0.6) is 0 Å². The van der Waals surface area contributed by atoms with E-state index in [1.807, 2.05) is 11.8 Å². The van der Waals surface area contributed by atoms with Gasteiger partial charge in [0.2, 0.25) is 5.91 Å². The summed E-state index contributed by atoms with van der Waals surface area (Å²) in [5.74, 6) is -1.24. The van der Waals surface area contributed by atoms with Crippen molar-refractivity contribution in [2.45, 2.75) is 13.3 Å². The second-order valence-electron chi connectivity index (χ2n) is 4.15. The molecule has 5 nitrogen and oxygen atoms in total. The minimum Gasteiger partial charge on any atom is -0.478 e. The molecular formula is C10H16N2O3. The van der Waals surface area contributed by atoms with Crippen molar-refractivity contribution in [2.75, 3.05) is 19.6 Å². The van der Waals surface area contributed by atoms with Crippen LogP contribution in [-0.2, 0) is 9.59 Å². The van der Waals surface area contributed by atoms with E-state index in [2.05, 4.69) is 0 Å². The highest BCUT2D eigenvalue weighted by Crippen LogP contribution is 2.28. The number of hydrogen-bond donors (Lipinski definition) is 2. The van der Waals surface area contributed by atoms with Gasteiger partial charge >= 0.3 is 5.97 Å². The van der Waals surface area contributed by atoms with E-state index in [4.69, 9.17) is 10.8 Å². The molecule has 15 heavy (non-hydrogen) atoms. The van der Waals surface area contributed by atoms with Crippen LogP contribution in [0.15, 0.2) is 12.2 Å². The Hall–Kier alpha value is -1.36. The molecule has 1 atom stereocenters. The monoisotopic (exact) mass is 212 g/mol. The number of likely N-dealkylation sites (tertiary alicyclic amines) is 1. The summed E-state index contributed by atoms with van der Waals surface area (Å²) in [6.45, 7) is 3.78. The van der Waals surface area contributed by atoms with Crippen molar-refractivity contribution >= 4 is 11.9 Å². The van der Waals surface area contributed by atoms with E-state index in [1.54, 1.807) is 6.08 Å². The number of carboxylic acid groups (broad SMARTS) is 1. The predicted octanol–water partition coefficient (Wildman–Crippen LogP) is -0.176. The third-order valence-corrected chi connectivity index (χ3v) is 2.77. The second kappa shape index (κ2) is 4.44. The van der Waals surface area contributed by atoms with E-state index in [0.29, 0.717) is 13.1 Å². The van der Waals surface area contributed by atoms with Gasteiger partial charge in [0.15, 0.2) is 0 Å². The highest BCUT2D eigenvalue weighted by molar-refractivity contribution is 5.81. The average Bonchev–Trinajstić information content (AvgIpc) is 2.48. The molecule has 0 aromatic rings. The molecular weight excluding hydrogens is 196 g/mol. The molecule has 1 saturated heterocycles. The number of aliphatic carboxylic acids is 1. The van der Waals surface area contributed by atoms with Crippen molar-refractivity contribution < 1.29 is 14.7 Å². The lowest BCUT2D eigenvalue weighted by Crippen LogP contribution is -2.37. The zero-order chi connectivity index (χ0) is 11.5. The molecule has 0 spiro atoms. The van der Waals surface area contributed by atoms with E-state index >= 15 is 0 Å². The summed E-state index contributed by atoms with van der Waals surface area (Å²) in [5, 5.41) is 8.40. The van der Waals surface area contributed by atoms with Crippen LogP contribution in [0.1, 0.15) is 13.3 Å². The molecule has 1 heterocycles. The molecule has 0 saturated carbocycles. The Labute approximate surface area is 88.5 Å². The topological polar surface area (TPSA) is 83.6 Å². The number of rotatable bonds is 4. The molecule has 0 radical (unpaired) electrons. The van der Waals surface area contributed by atoms with Crippen molar-refractivity contribution in [2.24, 2.45) is 11.1 Å². The molecule has 84 valence electrons. The lowest BCUT2D eigenvalue weighted by atomic mass is 9.89. The minimum atomic E-state index is -0.952. The number of amides is 1. The summed E-state index contributed by atoms with van der Waals surface area (Å²) in [6.07, 6.45) is 3.43. The Balaban J connectivity index is 2.43. The van der Waals surface area contributed by atoms with Crippen molar-refractivity contribution in [1.29, 1.82) is 0 Å². The smallest absolute Gasteiger partial charge is 0.328 e. The Kier molecular flexibility index (Phi) is 3.47. The molecule has 1 rings (SSSR count). The molecule has 0 aromatic heterocycles. The van der Waals surface area contributed by atoms with Crippen LogP contribution in [-0.4, -0.2) is 41.5 Å². The maximum absolute atomic E-state index is 11.1. The number of hydrogen-bond acceptors (Lipinski definition) is 3. The number of nitrogens with two attached hydrogens (primary N) is 1. The van der Waals surface area contributed by atoms with Gasteiger partial charge in [0.1, 0.15) is 0 Å². The zero-order valence-electron chi connectivity index (χ0n) is 8.77. The molecule has 0 aliphatic carbocycles. The Morgan fingerprint density at radius 3 is 2.73 bits per heavy atom. The summed E-state index contributed by atoms with van der Waals surface area (Å²) in [6, 6.07) is 0. The maximum atomic E-state index is 11.1. The fourth-order valence-corrected chi connectivity index (χ4v) is 1.72. The predicted molar refractivity (Wildman–Crippen MR) is 55.1 cm³/mol. The third kappa shape index (κ3) is 3.06. The molecule has 1 fully saturated rings. The van der Waals surface area contributed by atoms with Gasteiger partial charge in [0, 0.05) is 19.2 Å². The fourth-order valence-electron chi connectivity index (χ4n) is 1.72. The largest absolute Gasteiger partial charge is 0.478 e. The van der Waals surface area contributed by atoms with E-state index in [-0.39, 0.29) is 5.91 Å². The second-order valence-corrected chi connectivity index (χ2v) is 4.15. The molecule has 5 heteroatoms. The van der Waals surface area contributed by atoms with E-state index < -0.39 is 11.4 Å². The highest BCUT2D eigenvalue weighted by atomic mass is 16.4. The molecule has 1 aliphatic heterocycles. The van der Waals surface area contributed by atoms with Crippen LogP contribution in [0.3, 0.4) is 0 Å². The molecule has 0 aromatic carbocycles. The number of carbonyl (C=O) groups is 2. The molecule has 1 amide bonds. The third-order valence-electron chi connectivity index (χ3n) is 2.77. The van der Waals surface area contributed by atoms with Crippen LogP contribution in [0, 0.1) is 5.41 Å². The van der Waals surface area contributed by atoms with Crippen molar-refractivity contribution in [3.05, 3.63) is 12.2 Å². The minimum absolute atomic E-state index is 0.285. The number of nitrogens with zero attached hydrogens (tertiary/aromatic N) is 1. The van der Waals surface area contributed by atoms with Gasteiger partial charge in [0.25, 0.3) is 0 Å². The summed E-state index contributed by atoms with van der Waals surface area (Å²) in [5.41, 5.74) is 4.83. The first kappa shape index (κ1) is 11.7. The number of primary amides is 1. The van der Waals surface area contributed by atoms with Crippen LogP contribution in [0.25, 0.3) is 0 Å². The van der Waals surface area contributed by atoms with Crippen LogP contribution < -0.4 is 5.73 Å². The first-order valence-electron chi connectivity index (χ1n) is 4.86. The van der Waals surface area contributed by atoms with Crippen LogP contribution in [0.4, 0.5) is 0 Å².